The van der Waals surface area contributed by atoms with E-state index in [2.05, 4.69) is 75.8 Å². The van der Waals surface area contributed by atoms with Gasteiger partial charge in [-0.1, -0.05) is 29.8 Å². The fourth-order valence-electron chi connectivity index (χ4n) is 4.46. The minimum absolute atomic E-state index is 0.0864. The third kappa shape index (κ3) is 4.23. The minimum atomic E-state index is 0.0864. The number of imidazole rings is 1. The fourth-order valence-corrected chi connectivity index (χ4v) is 4.46. The van der Waals surface area contributed by atoms with Gasteiger partial charge in [-0.15, -0.1) is 0 Å². The van der Waals surface area contributed by atoms with Gasteiger partial charge in [-0.3, -0.25) is 0 Å². The van der Waals surface area contributed by atoms with Crippen LogP contribution in [0.15, 0.2) is 54.7 Å². The van der Waals surface area contributed by atoms with Crippen LogP contribution in [0.3, 0.4) is 0 Å². The van der Waals surface area contributed by atoms with Crippen molar-refractivity contribution in [1.82, 2.24) is 30.0 Å². The number of nitrogens with zero attached hydrogens (tertiary/aromatic N) is 5. The Labute approximate surface area is 198 Å². The van der Waals surface area contributed by atoms with E-state index < -0.39 is 0 Å². The number of benzene rings is 2. The molecule has 3 heterocycles. The molecule has 1 aliphatic heterocycles. The van der Waals surface area contributed by atoms with Crippen LogP contribution in [-0.4, -0.2) is 62.9 Å². The quantitative estimate of drug-likeness (QED) is 0.480. The minimum Gasteiger partial charge on any atom is -0.368 e. The predicted octanol–water partition coefficient (Wildman–Crippen LogP) is 3.78. The number of hydrogen-bond acceptors (Lipinski definition) is 4. The highest BCUT2D eigenvalue weighted by Gasteiger charge is 2.27. The number of amides is 2. The van der Waals surface area contributed by atoms with E-state index in [9.17, 15) is 4.79 Å². The van der Waals surface area contributed by atoms with Crippen LogP contribution >= 0.6 is 0 Å². The molecular formula is C26H29N7O. The first kappa shape index (κ1) is 20.8. The maximum atomic E-state index is 12.3. The molecule has 0 atom stereocenters. The summed E-state index contributed by atoms with van der Waals surface area (Å²) in [4.78, 5) is 24.8. The van der Waals surface area contributed by atoms with Gasteiger partial charge < -0.3 is 20.1 Å². The third-order valence-corrected chi connectivity index (χ3v) is 6.71. The molecule has 0 spiro atoms. The van der Waals surface area contributed by atoms with Crippen molar-refractivity contribution in [2.24, 2.45) is 0 Å². The number of aryl methyl sites for hydroxylation is 1. The Morgan fingerprint density at radius 3 is 2.47 bits per heavy atom. The molecule has 34 heavy (non-hydrogen) atoms. The summed E-state index contributed by atoms with van der Waals surface area (Å²) in [5.74, 6) is 0.846. The van der Waals surface area contributed by atoms with Crippen LogP contribution in [-0.2, 0) is 6.54 Å². The molecule has 6 rings (SSSR count). The van der Waals surface area contributed by atoms with Gasteiger partial charge in [0.2, 0.25) is 0 Å². The molecule has 1 saturated heterocycles. The van der Waals surface area contributed by atoms with Gasteiger partial charge in [0, 0.05) is 43.5 Å². The second kappa shape index (κ2) is 8.52. The van der Waals surface area contributed by atoms with E-state index in [4.69, 9.17) is 4.98 Å². The van der Waals surface area contributed by atoms with Crippen LogP contribution in [0.25, 0.3) is 22.6 Å². The SMILES string of the molecule is Cc1ccc(Cn2ncc3[nH]c(-c4ccc(N5CCN(C(=O)NC6CC6)CC5)cc4)nc32)cc1. The van der Waals surface area contributed by atoms with Crippen molar-refractivity contribution in [2.45, 2.75) is 32.4 Å². The molecule has 0 unspecified atom stereocenters. The van der Waals surface area contributed by atoms with Crippen LogP contribution < -0.4 is 10.2 Å². The van der Waals surface area contributed by atoms with Gasteiger partial charge in [0.05, 0.1) is 12.7 Å². The predicted molar refractivity (Wildman–Crippen MR) is 133 cm³/mol. The van der Waals surface area contributed by atoms with Crippen LogP contribution in [0.1, 0.15) is 24.0 Å². The van der Waals surface area contributed by atoms with Crippen LogP contribution in [0.5, 0.6) is 0 Å². The Balaban J connectivity index is 1.12. The summed E-state index contributed by atoms with van der Waals surface area (Å²) in [6, 6.07) is 17.5. The molecule has 2 N–H and O–H groups in total. The second-order valence-corrected chi connectivity index (χ2v) is 9.36. The zero-order chi connectivity index (χ0) is 23.1. The Morgan fingerprint density at radius 2 is 1.76 bits per heavy atom. The van der Waals surface area contributed by atoms with E-state index in [1.807, 2.05) is 15.8 Å². The van der Waals surface area contributed by atoms with Crippen molar-refractivity contribution in [1.29, 1.82) is 0 Å². The highest BCUT2D eigenvalue weighted by Crippen LogP contribution is 2.25. The Kier molecular flexibility index (Phi) is 5.20. The van der Waals surface area contributed by atoms with Crippen LogP contribution in [0.2, 0.25) is 0 Å². The van der Waals surface area contributed by atoms with E-state index >= 15 is 0 Å². The summed E-state index contributed by atoms with van der Waals surface area (Å²) in [6.45, 7) is 5.98. The zero-order valence-corrected chi connectivity index (χ0v) is 19.4. The normalized spacial score (nSPS) is 16.3. The van der Waals surface area contributed by atoms with E-state index in [1.165, 1.54) is 16.8 Å². The molecule has 2 aliphatic rings. The first-order chi connectivity index (χ1) is 16.6. The fraction of sp³-hybridized carbons (Fsp3) is 0.346. The molecule has 2 fully saturated rings. The average Bonchev–Trinajstić information content (AvgIpc) is 3.45. The standard InChI is InChI=1S/C26H29N7O/c1-18-2-4-19(5-3-18)17-33-25-23(16-27-33)29-24(30-25)20-6-10-22(11-7-20)31-12-14-32(15-13-31)26(34)28-21-8-9-21/h2-7,10-11,16,21H,8-9,12-15,17H2,1H3,(H,28,34)(H,29,30). The summed E-state index contributed by atoms with van der Waals surface area (Å²) in [6.07, 6.45) is 4.08. The van der Waals surface area contributed by atoms with Crippen LogP contribution in [0.4, 0.5) is 10.5 Å². The third-order valence-electron chi connectivity index (χ3n) is 6.71. The lowest BCUT2D eigenvalue weighted by Crippen LogP contribution is -2.52. The number of anilines is 1. The molecule has 4 aromatic rings. The number of nitrogens with one attached hydrogen (secondary N) is 2. The molecule has 0 radical (unpaired) electrons. The van der Waals surface area contributed by atoms with Gasteiger partial charge >= 0.3 is 6.03 Å². The smallest absolute Gasteiger partial charge is 0.317 e. The summed E-state index contributed by atoms with van der Waals surface area (Å²) < 4.78 is 1.94. The number of aromatic amines is 1. The maximum absolute atomic E-state index is 12.3. The van der Waals surface area contributed by atoms with Crippen molar-refractivity contribution in [3.63, 3.8) is 0 Å². The molecule has 8 heteroatoms. The molecule has 0 bridgehead atoms. The summed E-state index contributed by atoms with van der Waals surface area (Å²) in [5.41, 5.74) is 6.47. The highest BCUT2D eigenvalue weighted by molar-refractivity contribution is 5.77. The molecule has 174 valence electrons. The zero-order valence-electron chi connectivity index (χ0n) is 19.4. The lowest BCUT2D eigenvalue weighted by atomic mass is 10.1. The van der Waals surface area contributed by atoms with Crippen molar-refractivity contribution >= 4 is 22.9 Å². The molecule has 2 aromatic heterocycles. The van der Waals surface area contributed by atoms with Crippen LogP contribution in [0, 0.1) is 6.92 Å². The largest absolute Gasteiger partial charge is 0.368 e. The second-order valence-electron chi connectivity index (χ2n) is 9.36. The van der Waals surface area contributed by atoms with E-state index in [-0.39, 0.29) is 6.03 Å². The molecular weight excluding hydrogens is 426 g/mol. The summed E-state index contributed by atoms with van der Waals surface area (Å²) in [7, 11) is 0. The summed E-state index contributed by atoms with van der Waals surface area (Å²) >= 11 is 0. The number of aromatic nitrogens is 4. The lowest BCUT2D eigenvalue weighted by Gasteiger charge is -2.36. The summed E-state index contributed by atoms with van der Waals surface area (Å²) in [5, 5.41) is 7.59. The van der Waals surface area contributed by atoms with Gasteiger partial charge in [-0.25, -0.2) is 14.5 Å². The monoisotopic (exact) mass is 455 g/mol. The topological polar surface area (TPSA) is 82.1 Å². The Bertz CT molecular complexity index is 1290. The number of hydrogen-bond donors (Lipinski definition) is 2. The van der Waals surface area contributed by atoms with E-state index in [0.717, 1.165) is 61.6 Å². The highest BCUT2D eigenvalue weighted by atomic mass is 16.2. The molecule has 1 aliphatic carbocycles. The van der Waals surface area contributed by atoms with E-state index in [1.54, 1.807) is 0 Å². The molecule has 2 aromatic carbocycles. The Hall–Kier alpha value is -3.81. The van der Waals surface area contributed by atoms with Crippen molar-refractivity contribution < 1.29 is 4.79 Å². The van der Waals surface area contributed by atoms with Crippen molar-refractivity contribution in [2.75, 3.05) is 31.1 Å². The van der Waals surface area contributed by atoms with Crippen molar-refractivity contribution in [3.8, 4) is 11.4 Å². The number of fused-ring (bicyclic) bond motifs is 1. The number of piperazine rings is 1. The first-order valence-corrected chi connectivity index (χ1v) is 12.0. The average molecular weight is 456 g/mol. The number of urea groups is 1. The molecule has 2 amide bonds. The van der Waals surface area contributed by atoms with Gasteiger partial charge in [-0.05, 0) is 49.6 Å². The van der Waals surface area contributed by atoms with Gasteiger partial charge in [0.15, 0.2) is 5.65 Å². The number of carbonyl (C=O) groups is 1. The number of rotatable bonds is 5. The maximum Gasteiger partial charge on any atom is 0.317 e. The van der Waals surface area contributed by atoms with Crippen molar-refractivity contribution in [3.05, 3.63) is 65.9 Å². The van der Waals surface area contributed by atoms with Gasteiger partial charge in [0.1, 0.15) is 11.3 Å². The van der Waals surface area contributed by atoms with Gasteiger partial charge in [-0.2, -0.15) is 5.10 Å². The van der Waals surface area contributed by atoms with Gasteiger partial charge in [0.25, 0.3) is 0 Å². The first-order valence-electron chi connectivity index (χ1n) is 12.0. The molecule has 1 saturated carbocycles. The Morgan fingerprint density at radius 1 is 1.03 bits per heavy atom. The lowest BCUT2D eigenvalue weighted by molar-refractivity contribution is 0.194. The number of carbonyl (C=O) groups excluding carboxylic acids is 1. The van der Waals surface area contributed by atoms with E-state index in [0.29, 0.717) is 12.6 Å². The molecule has 8 nitrogen and oxygen atoms in total. The number of H-pyrrole nitrogens is 1.